The van der Waals surface area contributed by atoms with Gasteiger partial charge in [-0.3, -0.25) is 9.79 Å². The van der Waals surface area contributed by atoms with Crippen LogP contribution in [0.5, 0.6) is 0 Å². The van der Waals surface area contributed by atoms with Crippen molar-refractivity contribution in [3.8, 4) is 6.07 Å². The van der Waals surface area contributed by atoms with E-state index < -0.39 is 19.0 Å². The number of amides is 1. The minimum Gasteiger partial charge on any atom is -0.343 e. The molecule has 1 fully saturated rings. The average Bonchev–Trinajstić information content (AvgIpc) is 2.90. The Morgan fingerprint density at radius 2 is 1.92 bits per heavy atom. The highest BCUT2D eigenvalue weighted by Crippen LogP contribution is 2.46. The van der Waals surface area contributed by atoms with Crippen LogP contribution in [0.4, 0.5) is 26.0 Å². The predicted octanol–water partition coefficient (Wildman–Crippen LogP) is 5.08. The Labute approximate surface area is 212 Å². The lowest BCUT2D eigenvalue weighted by molar-refractivity contribution is -0.117. The number of nitrogens with zero attached hydrogens (tertiary/aromatic N) is 5. The molecule has 0 bridgehead atoms. The fourth-order valence-electron chi connectivity index (χ4n) is 5.38. The van der Waals surface area contributed by atoms with Crippen LogP contribution in [-0.2, 0) is 11.2 Å². The number of hydrogen-bond acceptors (Lipinski definition) is 6. The van der Waals surface area contributed by atoms with Crippen LogP contribution < -0.4 is 10.2 Å². The lowest BCUT2D eigenvalue weighted by atomic mass is 9.80. The van der Waals surface area contributed by atoms with E-state index in [0.29, 0.717) is 35.0 Å². The quantitative estimate of drug-likeness (QED) is 0.542. The molecule has 0 saturated carbocycles. The molecule has 7 nitrogen and oxygen atoms in total. The molecular weight excluding hydrogens is 474 g/mol. The zero-order valence-electron chi connectivity index (χ0n) is 20.2. The van der Waals surface area contributed by atoms with Crippen molar-refractivity contribution in [2.45, 2.75) is 43.4 Å². The topological polar surface area (TPSA) is 94.3 Å². The zero-order valence-corrected chi connectivity index (χ0v) is 20.2. The number of hydrogen-bond donors (Lipinski definition) is 1. The first-order valence-corrected chi connectivity index (χ1v) is 12.3. The van der Waals surface area contributed by atoms with Gasteiger partial charge >= 0.3 is 0 Å². The van der Waals surface area contributed by atoms with Crippen molar-refractivity contribution < 1.29 is 13.6 Å². The number of anilines is 2. The minimum atomic E-state index is -2.80. The van der Waals surface area contributed by atoms with Crippen molar-refractivity contribution in [3.63, 3.8) is 0 Å². The molecule has 1 N–H and O–H groups in total. The Morgan fingerprint density at radius 1 is 1.14 bits per heavy atom. The molecule has 4 heterocycles. The lowest BCUT2D eigenvalue weighted by Crippen LogP contribution is -2.57. The van der Waals surface area contributed by atoms with Crippen molar-refractivity contribution in [1.29, 1.82) is 5.26 Å². The molecule has 0 spiro atoms. The van der Waals surface area contributed by atoms with Crippen LogP contribution in [0.1, 0.15) is 59.3 Å². The van der Waals surface area contributed by atoms with Gasteiger partial charge in [-0.05, 0) is 41.7 Å². The smallest absolute Gasteiger partial charge is 0.282 e. The average molecular weight is 499 g/mol. The SMILES string of the molecule is CC(c1ccccc1)C1CC(=O)Nc2c1nc(C1C=Nc3ccc(C#N)cc3C1)nc2N1CC(F)(F)C1. The van der Waals surface area contributed by atoms with Crippen molar-refractivity contribution >= 4 is 29.3 Å². The molecule has 3 aromatic rings. The summed E-state index contributed by atoms with van der Waals surface area (Å²) >= 11 is 0. The number of halogens is 2. The summed E-state index contributed by atoms with van der Waals surface area (Å²) in [7, 11) is 0. The summed E-state index contributed by atoms with van der Waals surface area (Å²) in [4.78, 5) is 28.5. The second-order valence-corrected chi connectivity index (χ2v) is 9.98. The Kier molecular flexibility index (Phi) is 5.48. The second kappa shape index (κ2) is 8.73. The van der Waals surface area contributed by atoms with E-state index in [1.54, 1.807) is 12.3 Å². The summed E-state index contributed by atoms with van der Waals surface area (Å²) in [6, 6.07) is 17.4. The molecule has 9 heteroatoms. The van der Waals surface area contributed by atoms with Crippen LogP contribution in [0.3, 0.4) is 0 Å². The molecular formula is C28H24F2N6O. The van der Waals surface area contributed by atoms with Gasteiger partial charge in [0.25, 0.3) is 5.92 Å². The molecule has 0 aliphatic carbocycles. The number of aromatic nitrogens is 2. The number of aliphatic imine (C=N–C) groups is 1. The van der Waals surface area contributed by atoms with E-state index in [1.807, 2.05) is 42.5 Å². The maximum Gasteiger partial charge on any atom is 0.282 e. The van der Waals surface area contributed by atoms with Gasteiger partial charge < -0.3 is 10.2 Å². The zero-order chi connectivity index (χ0) is 25.7. The van der Waals surface area contributed by atoms with Crippen LogP contribution in [-0.4, -0.2) is 41.1 Å². The first kappa shape index (κ1) is 23.2. The molecule has 1 aromatic heterocycles. The number of nitriles is 1. The summed E-state index contributed by atoms with van der Waals surface area (Å²) in [5, 5.41) is 12.2. The fraction of sp³-hybridized carbons (Fsp3) is 0.321. The number of carbonyl (C=O) groups excluding carboxylic acids is 1. The van der Waals surface area contributed by atoms with Crippen molar-refractivity contribution in [3.05, 3.63) is 76.7 Å². The molecule has 1 saturated heterocycles. The van der Waals surface area contributed by atoms with Gasteiger partial charge in [0.15, 0.2) is 5.82 Å². The summed E-state index contributed by atoms with van der Waals surface area (Å²) in [5.41, 5.74) is 4.40. The highest BCUT2D eigenvalue weighted by atomic mass is 19.3. The first-order valence-electron chi connectivity index (χ1n) is 12.3. The van der Waals surface area contributed by atoms with Crippen LogP contribution in [0.2, 0.25) is 0 Å². The Balaban J connectivity index is 1.45. The lowest BCUT2D eigenvalue weighted by Gasteiger charge is -2.42. The van der Waals surface area contributed by atoms with E-state index in [0.717, 1.165) is 16.8 Å². The van der Waals surface area contributed by atoms with Gasteiger partial charge in [0.05, 0.1) is 42.0 Å². The van der Waals surface area contributed by atoms with E-state index in [4.69, 9.17) is 9.97 Å². The fourth-order valence-corrected chi connectivity index (χ4v) is 5.38. The van der Waals surface area contributed by atoms with E-state index in [-0.39, 0.29) is 30.1 Å². The van der Waals surface area contributed by atoms with Gasteiger partial charge in [-0.15, -0.1) is 0 Å². The van der Waals surface area contributed by atoms with Gasteiger partial charge in [0.2, 0.25) is 5.91 Å². The van der Waals surface area contributed by atoms with Crippen LogP contribution in [0.15, 0.2) is 53.5 Å². The van der Waals surface area contributed by atoms with Gasteiger partial charge in [0, 0.05) is 18.6 Å². The van der Waals surface area contributed by atoms with E-state index in [1.165, 1.54) is 4.90 Å². The third kappa shape index (κ3) is 4.22. The molecule has 37 heavy (non-hydrogen) atoms. The van der Waals surface area contributed by atoms with Crippen LogP contribution in [0.25, 0.3) is 0 Å². The largest absolute Gasteiger partial charge is 0.343 e. The van der Waals surface area contributed by atoms with Crippen LogP contribution in [0, 0.1) is 11.3 Å². The van der Waals surface area contributed by atoms with Crippen LogP contribution >= 0.6 is 0 Å². The molecule has 3 aliphatic heterocycles. The number of benzene rings is 2. The van der Waals surface area contributed by atoms with E-state index >= 15 is 0 Å². The summed E-state index contributed by atoms with van der Waals surface area (Å²) in [6.45, 7) is 1.14. The molecule has 3 unspecified atom stereocenters. The standard InChI is InChI=1S/C28H24F2N6O/c1-16(18-5-3-2-4-6-18)21-11-23(37)33-25-24(21)34-26(35-27(25)36-14-28(29,30)15-36)20-10-19-9-17(12-31)7-8-22(19)32-13-20/h2-9,13,16,20-21H,10-11,14-15H2,1H3,(H,33,37). The summed E-state index contributed by atoms with van der Waals surface area (Å²) in [6.07, 6.45) is 2.55. The second-order valence-electron chi connectivity index (χ2n) is 9.98. The van der Waals surface area contributed by atoms with Crippen molar-refractivity contribution in [2.24, 2.45) is 4.99 Å². The molecule has 2 aromatic carbocycles. The summed E-state index contributed by atoms with van der Waals surface area (Å²) < 4.78 is 27.8. The molecule has 1 amide bonds. The van der Waals surface area contributed by atoms with Gasteiger partial charge in [-0.1, -0.05) is 37.3 Å². The molecule has 6 rings (SSSR count). The summed E-state index contributed by atoms with van der Waals surface area (Å²) in [5.74, 6) is -2.74. The third-order valence-corrected chi connectivity index (χ3v) is 7.40. The van der Waals surface area contributed by atoms with Crippen molar-refractivity contribution in [1.82, 2.24) is 9.97 Å². The molecule has 3 atom stereocenters. The first-order chi connectivity index (χ1) is 17.8. The van der Waals surface area contributed by atoms with Gasteiger partial charge in [0.1, 0.15) is 11.5 Å². The van der Waals surface area contributed by atoms with E-state index in [9.17, 15) is 18.8 Å². The van der Waals surface area contributed by atoms with Gasteiger partial charge in [-0.2, -0.15) is 5.26 Å². The number of nitrogens with one attached hydrogen (secondary N) is 1. The highest BCUT2D eigenvalue weighted by Gasteiger charge is 2.47. The maximum absolute atomic E-state index is 13.9. The normalized spacial score (nSPS) is 22.2. The number of carbonyl (C=O) groups is 1. The van der Waals surface area contributed by atoms with Gasteiger partial charge in [-0.25, -0.2) is 18.7 Å². The molecule has 186 valence electrons. The predicted molar refractivity (Wildman–Crippen MR) is 136 cm³/mol. The minimum absolute atomic E-state index is 0.0293. The molecule has 3 aliphatic rings. The highest BCUT2D eigenvalue weighted by molar-refractivity contribution is 5.98. The molecule has 0 radical (unpaired) electrons. The number of alkyl halides is 2. The Hall–Kier alpha value is -4.19. The Bertz CT molecular complexity index is 1460. The number of fused-ring (bicyclic) bond motifs is 2. The third-order valence-electron chi connectivity index (χ3n) is 7.40. The number of rotatable bonds is 4. The Morgan fingerprint density at radius 3 is 2.65 bits per heavy atom. The van der Waals surface area contributed by atoms with E-state index in [2.05, 4.69) is 23.3 Å². The maximum atomic E-state index is 13.9. The monoisotopic (exact) mass is 498 g/mol. The van der Waals surface area contributed by atoms with Crippen molar-refractivity contribution in [2.75, 3.05) is 23.3 Å².